The van der Waals surface area contributed by atoms with Crippen molar-refractivity contribution in [3.8, 4) is 0 Å². The van der Waals surface area contributed by atoms with Crippen molar-refractivity contribution in [2.75, 3.05) is 5.32 Å². The number of amides is 2. The molecule has 2 amide bonds. The van der Waals surface area contributed by atoms with E-state index in [1.807, 2.05) is 24.3 Å². The third-order valence-electron chi connectivity index (χ3n) is 2.08. The summed E-state index contributed by atoms with van der Waals surface area (Å²) in [6, 6.07) is 7.41. The van der Waals surface area contributed by atoms with Crippen LogP contribution in [0.15, 0.2) is 36.2 Å². The minimum atomic E-state index is -0.530. The molecule has 0 bridgehead atoms. The molecule has 14 heavy (non-hydrogen) atoms. The van der Waals surface area contributed by atoms with Crippen molar-refractivity contribution in [3.63, 3.8) is 0 Å². The van der Waals surface area contributed by atoms with E-state index < -0.39 is 6.03 Å². The summed E-state index contributed by atoms with van der Waals surface area (Å²) in [7, 11) is 0. The summed E-state index contributed by atoms with van der Waals surface area (Å²) in [5.74, 6) is 0. The molecule has 4 heteroatoms. The highest BCUT2D eigenvalue weighted by molar-refractivity contribution is 5.74. The first-order chi connectivity index (χ1) is 6.75. The minimum Gasteiger partial charge on any atom is -0.360 e. The summed E-state index contributed by atoms with van der Waals surface area (Å²) in [5.41, 5.74) is 8.04. The van der Waals surface area contributed by atoms with Crippen LogP contribution in [0.3, 0.4) is 0 Å². The molecular formula is C10H11N3O. The lowest BCUT2D eigenvalue weighted by molar-refractivity contribution is 0.251. The quantitative estimate of drug-likeness (QED) is 0.620. The lowest BCUT2D eigenvalue weighted by Crippen LogP contribution is -2.31. The lowest BCUT2D eigenvalue weighted by atomic mass is 10.1. The molecule has 0 aromatic heterocycles. The van der Waals surface area contributed by atoms with Crippen LogP contribution in [0.25, 0.3) is 0 Å². The Morgan fingerprint density at radius 3 is 3.00 bits per heavy atom. The van der Waals surface area contributed by atoms with Gasteiger partial charge >= 0.3 is 6.03 Å². The maximum Gasteiger partial charge on any atom is 0.316 e. The first-order valence-corrected chi connectivity index (χ1v) is 4.35. The van der Waals surface area contributed by atoms with E-state index >= 15 is 0 Å². The molecule has 0 aliphatic carbocycles. The SMILES string of the molecule is NC(=O)NC1=CNc2ccccc2C1. The zero-order valence-corrected chi connectivity index (χ0v) is 7.58. The fourth-order valence-electron chi connectivity index (χ4n) is 1.47. The van der Waals surface area contributed by atoms with Gasteiger partial charge in [-0.3, -0.25) is 0 Å². The highest BCUT2D eigenvalue weighted by Crippen LogP contribution is 2.21. The molecule has 2 rings (SSSR count). The molecule has 4 nitrogen and oxygen atoms in total. The monoisotopic (exact) mass is 189 g/mol. The molecule has 1 aromatic rings. The maximum atomic E-state index is 10.6. The molecule has 0 unspecified atom stereocenters. The van der Waals surface area contributed by atoms with Gasteiger partial charge in [0.05, 0.1) is 0 Å². The highest BCUT2D eigenvalue weighted by Gasteiger charge is 2.10. The van der Waals surface area contributed by atoms with Gasteiger partial charge in [0.25, 0.3) is 0 Å². The van der Waals surface area contributed by atoms with Gasteiger partial charge in [-0.05, 0) is 11.6 Å². The maximum absolute atomic E-state index is 10.6. The van der Waals surface area contributed by atoms with Crippen LogP contribution in [0.5, 0.6) is 0 Å². The summed E-state index contributed by atoms with van der Waals surface area (Å²) in [6.45, 7) is 0. The van der Waals surface area contributed by atoms with Gasteiger partial charge in [0.15, 0.2) is 0 Å². The van der Waals surface area contributed by atoms with Crippen LogP contribution >= 0.6 is 0 Å². The Labute approximate surface area is 81.8 Å². The summed E-state index contributed by atoms with van der Waals surface area (Å²) in [5, 5.41) is 5.65. The molecule has 0 saturated carbocycles. The van der Waals surface area contributed by atoms with Gasteiger partial charge in [-0.1, -0.05) is 18.2 Å². The largest absolute Gasteiger partial charge is 0.360 e. The number of rotatable bonds is 1. The standard InChI is InChI=1S/C10H11N3O/c11-10(14)13-8-5-7-3-1-2-4-9(7)12-6-8/h1-4,6,12H,5H2,(H3,11,13,14). The normalized spacial score (nSPS) is 13.6. The number of benzene rings is 1. The summed E-state index contributed by atoms with van der Waals surface area (Å²) in [6.07, 6.45) is 2.46. The van der Waals surface area contributed by atoms with E-state index in [1.54, 1.807) is 6.20 Å². The Morgan fingerprint density at radius 2 is 2.21 bits per heavy atom. The Bertz CT molecular complexity index is 398. The topological polar surface area (TPSA) is 67.2 Å². The fraction of sp³-hybridized carbons (Fsp3) is 0.100. The number of allylic oxidation sites excluding steroid dienone is 1. The van der Waals surface area contributed by atoms with Crippen LogP contribution in [0, 0.1) is 0 Å². The summed E-state index contributed by atoms with van der Waals surface area (Å²) >= 11 is 0. The predicted molar refractivity (Wildman–Crippen MR) is 54.6 cm³/mol. The zero-order valence-electron chi connectivity index (χ0n) is 7.58. The third kappa shape index (κ3) is 1.69. The van der Waals surface area contributed by atoms with E-state index in [4.69, 9.17) is 5.73 Å². The van der Waals surface area contributed by atoms with Gasteiger partial charge in [0, 0.05) is 24.0 Å². The molecule has 0 atom stereocenters. The molecule has 0 radical (unpaired) electrons. The molecule has 1 heterocycles. The number of carbonyl (C=O) groups is 1. The van der Waals surface area contributed by atoms with Gasteiger partial charge in [0.1, 0.15) is 0 Å². The average molecular weight is 189 g/mol. The molecule has 1 aromatic carbocycles. The minimum absolute atomic E-state index is 0.530. The van der Waals surface area contributed by atoms with Crippen LogP contribution in [0.2, 0.25) is 0 Å². The van der Waals surface area contributed by atoms with Crippen molar-refractivity contribution in [1.82, 2.24) is 5.32 Å². The van der Waals surface area contributed by atoms with Gasteiger partial charge in [-0.25, -0.2) is 4.79 Å². The Balaban J connectivity index is 2.17. The van der Waals surface area contributed by atoms with Crippen molar-refractivity contribution in [2.45, 2.75) is 6.42 Å². The molecule has 0 saturated heterocycles. The molecule has 72 valence electrons. The number of carbonyl (C=O) groups excluding carboxylic acids is 1. The van der Waals surface area contributed by atoms with Gasteiger partial charge in [0.2, 0.25) is 0 Å². The Kier molecular flexibility index (Phi) is 2.10. The van der Waals surface area contributed by atoms with E-state index in [0.717, 1.165) is 16.9 Å². The van der Waals surface area contributed by atoms with E-state index in [9.17, 15) is 4.79 Å². The fourth-order valence-corrected chi connectivity index (χ4v) is 1.47. The van der Waals surface area contributed by atoms with E-state index in [1.165, 1.54) is 0 Å². The van der Waals surface area contributed by atoms with Crippen LogP contribution < -0.4 is 16.4 Å². The molecule has 0 spiro atoms. The van der Waals surface area contributed by atoms with E-state index in [0.29, 0.717) is 6.42 Å². The number of para-hydroxylation sites is 1. The van der Waals surface area contributed by atoms with Crippen LogP contribution in [0.1, 0.15) is 5.56 Å². The third-order valence-corrected chi connectivity index (χ3v) is 2.08. The number of anilines is 1. The van der Waals surface area contributed by atoms with Crippen molar-refractivity contribution in [3.05, 3.63) is 41.7 Å². The van der Waals surface area contributed by atoms with Crippen LogP contribution in [0.4, 0.5) is 10.5 Å². The Hall–Kier alpha value is -1.97. The smallest absolute Gasteiger partial charge is 0.316 e. The second-order valence-electron chi connectivity index (χ2n) is 3.14. The van der Waals surface area contributed by atoms with Crippen molar-refractivity contribution < 1.29 is 4.79 Å². The van der Waals surface area contributed by atoms with Crippen LogP contribution in [-0.4, -0.2) is 6.03 Å². The number of hydrogen-bond acceptors (Lipinski definition) is 2. The molecule has 1 aliphatic rings. The zero-order chi connectivity index (χ0) is 9.97. The molecular weight excluding hydrogens is 178 g/mol. The Morgan fingerprint density at radius 1 is 1.43 bits per heavy atom. The first-order valence-electron chi connectivity index (χ1n) is 4.35. The van der Waals surface area contributed by atoms with Gasteiger partial charge < -0.3 is 16.4 Å². The molecule has 1 aliphatic heterocycles. The van der Waals surface area contributed by atoms with Crippen molar-refractivity contribution in [2.24, 2.45) is 5.73 Å². The highest BCUT2D eigenvalue weighted by atomic mass is 16.2. The predicted octanol–water partition coefficient (Wildman–Crippen LogP) is 1.16. The second-order valence-corrected chi connectivity index (χ2v) is 3.14. The van der Waals surface area contributed by atoms with E-state index in [2.05, 4.69) is 10.6 Å². The molecule has 4 N–H and O–H groups in total. The number of fused-ring (bicyclic) bond motifs is 1. The summed E-state index contributed by atoms with van der Waals surface area (Å²) in [4.78, 5) is 10.6. The van der Waals surface area contributed by atoms with Crippen LogP contribution in [-0.2, 0) is 6.42 Å². The second kappa shape index (κ2) is 3.41. The van der Waals surface area contributed by atoms with Gasteiger partial charge in [-0.2, -0.15) is 0 Å². The first kappa shape index (κ1) is 8.62. The average Bonchev–Trinajstić information content (AvgIpc) is 2.17. The van der Waals surface area contributed by atoms with E-state index in [-0.39, 0.29) is 0 Å². The summed E-state index contributed by atoms with van der Waals surface area (Å²) < 4.78 is 0. The van der Waals surface area contributed by atoms with Crippen molar-refractivity contribution >= 4 is 11.7 Å². The number of nitrogens with two attached hydrogens (primary N) is 1. The van der Waals surface area contributed by atoms with Crippen molar-refractivity contribution in [1.29, 1.82) is 0 Å². The molecule has 0 fully saturated rings. The van der Waals surface area contributed by atoms with Gasteiger partial charge in [-0.15, -0.1) is 0 Å². The number of primary amides is 1. The number of nitrogens with one attached hydrogen (secondary N) is 2. The number of hydrogen-bond donors (Lipinski definition) is 3. The lowest BCUT2D eigenvalue weighted by Gasteiger charge is -2.17. The number of urea groups is 1.